The zero-order valence-electron chi connectivity index (χ0n) is 18.4. The lowest BCUT2D eigenvalue weighted by molar-refractivity contribution is 0.918. The third-order valence-electron chi connectivity index (χ3n) is 6.46. The summed E-state index contributed by atoms with van der Waals surface area (Å²) >= 11 is 1.87. The van der Waals surface area contributed by atoms with Crippen molar-refractivity contribution in [1.82, 2.24) is 4.98 Å². The molecule has 0 N–H and O–H groups in total. The number of thiophene rings is 1. The SMILES string of the molecule is CC(c1ccccc1)c1ccnc(-c2ccc3sc4c(-c5ccccc5)cccc4c3c2)c1. The summed E-state index contributed by atoms with van der Waals surface area (Å²) < 4.78 is 2.65. The summed E-state index contributed by atoms with van der Waals surface area (Å²) in [4.78, 5) is 4.73. The predicted molar refractivity (Wildman–Crippen MR) is 142 cm³/mol. The molecule has 4 aromatic carbocycles. The molecule has 2 heterocycles. The van der Waals surface area contributed by atoms with Crippen molar-refractivity contribution in [3.05, 3.63) is 127 Å². The lowest BCUT2D eigenvalue weighted by Crippen LogP contribution is -1.97. The fourth-order valence-electron chi connectivity index (χ4n) is 4.61. The lowest BCUT2D eigenvalue weighted by atomic mass is 9.92. The number of aromatic nitrogens is 1. The third kappa shape index (κ3) is 3.63. The van der Waals surface area contributed by atoms with E-state index in [4.69, 9.17) is 4.98 Å². The van der Waals surface area contributed by atoms with Gasteiger partial charge in [0.25, 0.3) is 0 Å². The molecule has 0 saturated heterocycles. The summed E-state index contributed by atoms with van der Waals surface area (Å²) in [6, 6.07) is 39.1. The molecule has 2 aromatic heterocycles. The van der Waals surface area contributed by atoms with Gasteiger partial charge in [-0.2, -0.15) is 0 Å². The Labute approximate surface area is 198 Å². The van der Waals surface area contributed by atoms with Crippen LogP contribution in [0.25, 0.3) is 42.6 Å². The molecule has 158 valence electrons. The average molecular weight is 442 g/mol. The van der Waals surface area contributed by atoms with Crippen molar-refractivity contribution in [3.63, 3.8) is 0 Å². The molecular formula is C31H23NS. The van der Waals surface area contributed by atoms with Crippen molar-refractivity contribution in [3.8, 4) is 22.4 Å². The second kappa shape index (κ2) is 8.31. The first kappa shape index (κ1) is 19.9. The summed E-state index contributed by atoms with van der Waals surface area (Å²) in [5.41, 5.74) is 7.35. The Kier molecular flexibility index (Phi) is 5.01. The van der Waals surface area contributed by atoms with E-state index in [2.05, 4.69) is 116 Å². The van der Waals surface area contributed by atoms with E-state index in [-0.39, 0.29) is 0 Å². The van der Waals surface area contributed by atoms with Crippen molar-refractivity contribution in [1.29, 1.82) is 0 Å². The van der Waals surface area contributed by atoms with Crippen LogP contribution in [0.15, 0.2) is 115 Å². The molecule has 0 aliphatic carbocycles. The molecular weight excluding hydrogens is 418 g/mol. The van der Waals surface area contributed by atoms with Crippen LogP contribution in [-0.2, 0) is 0 Å². The third-order valence-corrected chi connectivity index (χ3v) is 7.68. The molecule has 0 spiro atoms. The molecule has 6 rings (SSSR count). The molecule has 33 heavy (non-hydrogen) atoms. The maximum atomic E-state index is 4.73. The molecule has 0 saturated carbocycles. The largest absolute Gasteiger partial charge is 0.256 e. The van der Waals surface area contributed by atoms with Crippen molar-refractivity contribution in [2.24, 2.45) is 0 Å². The molecule has 0 bridgehead atoms. The Morgan fingerprint density at radius 3 is 2.24 bits per heavy atom. The minimum Gasteiger partial charge on any atom is -0.256 e. The molecule has 0 radical (unpaired) electrons. The Morgan fingerprint density at radius 2 is 1.42 bits per heavy atom. The van der Waals surface area contributed by atoms with Crippen LogP contribution in [0.4, 0.5) is 0 Å². The van der Waals surface area contributed by atoms with Gasteiger partial charge in [-0.1, -0.05) is 91.9 Å². The van der Waals surface area contributed by atoms with Crippen LogP contribution in [0.1, 0.15) is 24.0 Å². The van der Waals surface area contributed by atoms with Crippen LogP contribution < -0.4 is 0 Å². The van der Waals surface area contributed by atoms with Gasteiger partial charge in [0.05, 0.1) is 5.69 Å². The highest BCUT2D eigenvalue weighted by Crippen LogP contribution is 2.41. The van der Waals surface area contributed by atoms with Gasteiger partial charge in [0.1, 0.15) is 0 Å². The highest BCUT2D eigenvalue weighted by molar-refractivity contribution is 7.26. The quantitative estimate of drug-likeness (QED) is 0.266. The van der Waals surface area contributed by atoms with Crippen LogP contribution in [0.3, 0.4) is 0 Å². The number of benzene rings is 4. The highest BCUT2D eigenvalue weighted by atomic mass is 32.1. The van der Waals surface area contributed by atoms with Crippen LogP contribution >= 0.6 is 11.3 Å². The molecule has 1 nitrogen and oxygen atoms in total. The lowest BCUT2D eigenvalue weighted by Gasteiger charge is -2.13. The first-order chi connectivity index (χ1) is 16.3. The summed E-state index contributed by atoms with van der Waals surface area (Å²) in [6.45, 7) is 2.26. The van der Waals surface area contributed by atoms with Gasteiger partial charge in [-0.25, -0.2) is 0 Å². The predicted octanol–water partition coefficient (Wildman–Crippen LogP) is 8.94. The van der Waals surface area contributed by atoms with Crippen LogP contribution in [0.5, 0.6) is 0 Å². The Bertz CT molecular complexity index is 1570. The number of rotatable bonds is 4. The number of pyridine rings is 1. The first-order valence-corrected chi connectivity index (χ1v) is 12.1. The number of fused-ring (bicyclic) bond motifs is 3. The van der Waals surface area contributed by atoms with Gasteiger partial charge in [-0.15, -0.1) is 11.3 Å². The minimum atomic E-state index is 0.326. The monoisotopic (exact) mass is 441 g/mol. The highest BCUT2D eigenvalue weighted by Gasteiger charge is 2.13. The maximum Gasteiger partial charge on any atom is 0.0705 e. The Balaban J connectivity index is 1.45. The van der Waals surface area contributed by atoms with E-state index in [1.807, 2.05) is 17.5 Å². The van der Waals surface area contributed by atoms with Crippen molar-refractivity contribution < 1.29 is 0 Å². The van der Waals surface area contributed by atoms with E-state index in [1.165, 1.54) is 42.4 Å². The van der Waals surface area contributed by atoms with E-state index >= 15 is 0 Å². The summed E-state index contributed by atoms with van der Waals surface area (Å²) in [5.74, 6) is 0.326. The van der Waals surface area contributed by atoms with Crippen LogP contribution in [0.2, 0.25) is 0 Å². The fourth-order valence-corrected chi connectivity index (χ4v) is 5.83. The second-order valence-electron chi connectivity index (χ2n) is 8.47. The summed E-state index contributed by atoms with van der Waals surface area (Å²) in [7, 11) is 0. The van der Waals surface area contributed by atoms with Gasteiger partial charge in [0, 0.05) is 37.9 Å². The molecule has 1 unspecified atom stereocenters. The molecule has 2 heteroatoms. The van der Waals surface area contributed by atoms with E-state index in [9.17, 15) is 0 Å². The van der Waals surface area contributed by atoms with E-state index in [0.717, 1.165) is 11.3 Å². The number of nitrogens with zero attached hydrogens (tertiary/aromatic N) is 1. The minimum absolute atomic E-state index is 0.326. The molecule has 0 fully saturated rings. The molecule has 1 atom stereocenters. The van der Waals surface area contributed by atoms with Crippen molar-refractivity contribution >= 4 is 31.5 Å². The molecule has 0 aliphatic heterocycles. The van der Waals surface area contributed by atoms with Gasteiger partial charge in [0.2, 0.25) is 0 Å². The zero-order chi connectivity index (χ0) is 22.2. The zero-order valence-corrected chi connectivity index (χ0v) is 19.2. The Hall–Kier alpha value is -3.75. The smallest absolute Gasteiger partial charge is 0.0705 e. The standard InChI is InChI=1S/C31H23NS/c1-21(22-9-4-2-5-10-22)24-17-18-32-29(20-24)25-15-16-30-28(19-25)27-14-8-13-26(31(27)33-30)23-11-6-3-7-12-23/h2-21H,1H3. The summed E-state index contributed by atoms with van der Waals surface area (Å²) in [6.07, 6.45) is 1.94. The van der Waals surface area contributed by atoms with Crippen molar-refractivity contribution in [2.45, 2.75) is 12.8 Å². The average Bonchev–Trinajstić information content (AvgIpc) is 3.27. The maximum absolute atomic E-state index is 4.73. The van der Waals surface area contributed by atoms with E-state index in [1.54, 1.807) is 0 Å². The fraction of sp³-hybridized carbons (Fsp3) is 0.0645. The molecule has 0 aliphatic rings. The normalized spacial score (nSPS) is 12.3. The van der Waals surface area contributed by atoms with Gasteiger partial charge in [-0.05, 0) is 46.5 Å². The number of hydrogen-bond donors (Lipinski definition) is 0. The van der Waals surface area contributed by atoms with E-state index < -0.39 is 0 Å². The van der Waals surface area contributed by atoms with Gasteiger partial charge in [0.15, 0.2) is 0 Å². The topological polar surface area (TPSA) is 12.9 Å². The van der Waals surface area contributed by atoms with Gasteiger partial charge in [-0.3, -0.25) is 4.98 Å². The summed E-state index contributed by atoms with van der Waals surface area (Å²) in [5, 5.41) is 2.61. The molecule has 6 aromatic rings. The van der Waals surface area contributed by atoms with Gasteiger partial charge < -0.3 is 0 Å². The second-order valence-corrected chi connectivity index (χ2v) is 9.52. The Morgan fingerprint density at radius 1 is 0.636 bits per heavy atom. The van der Waals surface area contributed by atoms with E-state index in [0.29, 0.717) is 5.92 Å². The van der Waals surface area contributed by atoms with Crippen LogP contribution in [-0.4, -0.2) is 4.98 Å². The van der Waals surface area contributed by atoms with Crippen molar-refractivity contribution in [2.75, 3.05) is 0 Å². The first-order valence-electron chi connectivity index (χ1n) is 11.3. The molecule has 0 amide bonds. The van der Waals surface area contributed by atoms with Gasteiger partial charge >= 0.3 is 0 Å². The number of hydrogen-bond acceptors (Lipinski definition) is 2. The van der Waals surface area contributed by atoms with Crippen LogP contribution in [0, 0.1) is 0 Å².